The molecule has 0 saturated carbocycles. The van der Waals surface area contributed by atoms with Crippen LogP contribution in [0.4, 0.5) is 11.4 Å². The van der Waals surface area contributed by atoms with Crippen LogP contribution in [-0.4, -0.2) is 26.5 Å². The third-order valence-electron chi connectivity index (χ3n) is 4.26. The molecular formula is C19H18ClN5O6S. The highest BCUT2D eigenvalue weighted by molar-refractivity contribution is 7.14. The predicted molar refractivity (Wildman–Crippen MR) is 118 cm³/mol. The summed E-state index contributed by atoms with van der Waals surface area (Å²) in [6.07, 6.45) is 0. The highest BCUT2D eigenvalue weighted by atomic mass is 35.5. The number of anilines is 1. The van der Waals surface area contributed by atoms with Crippen LogP contribution < -0.4 is 16.8 Å². The van der Waals surface area contributed by atoms with Gasteiger partial charge in [0.25, 0.3) is 17.5 Å². The summed E-state index contributed by atoms with van der Waals surface area (Å²) in [5, 5.41) is 17.3. The van der Waals surface area contributed by atoms with Gasteiger partial charge in [0.1, 0.15) is 11.4 Å². The van der Waals surface area contributed by atoms with Gasteiger partial charge in [0.05, 0.1) is 21.2 Å². The Balaban J connectivity index is 1.83. The van der Waals surface area contributed by atoms with E-state index in [-0.39, 0.29) is 38.1 Å². The molecule has 0 unspecified atom stereocenters. The molecule has 2 aromatic heterocycles. The number of nitro groups is 1. The molecule has 0 aliphatic rings. The summed E-state index contributed by atoms with van der Waals surface area (Å²) < 4.78 is 5.80. The largest absolute Gasteiger partial charge is 0.437 e. The molecule has 0 saturated heterocycles. The number of nitrogens with zero attached hydrogens (tertiary/aromatic N) is 3. The molecule has 11 nitrogen and oxygen atoms in total. The van der Waals surface area contributed by atoms with Gasteiger partial charge in [-0.3, -0.25) is 19.7 Å². The van der Waals surface area contributed by atoms with Crippen LogP contribution >= 0.6 is 22.9 Å². The third-order valence-corrected chi connectivity index (χ3v) is 6.15. The number of thiophene rings is 1. The molecule has 2 heterocycles. The second kappa shape index (κ2) is 8.55. The molecule has 0 aliphatic carbocycles. The minimum atomic E-state index is -0.930. The van der Waals surface area contributed by atoms with Gasteiger partial charge in [0, 0.05) is 17.0 Å². The number of carbonyl (C=O) groups excluding carboxylic acids is 2. The predicted octanol–water partition coefficient (Wildman–Crippen LogP) is 3.16. The lowest BCUT2D eigenvalue weighted by Crippen LogP contribution is -2.26. The van der Waals surface area contributed by atoms with Crippen LogP contribution in [0.2, 0.25) is 5.02 Å². The molecule has 0 radical (unpaired) electrons. The number of hydrogen-bond acceptors (Lipinski definition) is 8. The number of nitro benzene ring substituents is 1. The van der Waals surface area contributed by atoms with Crippen LogP contribution in [0, 0.1) is 10.1 Å². The lowest BCUT2D eigenvalue weighted by molar-refractivity contribution is -0.384. The second-order valence-corrected chi connectivity index (χ2v) is 9.23. The van der Waals surface area contributed by atoms with Crippen LogP contribution in [0.25, 0.3) is 11.5 Å². The summed E-state index contributed by atoms with van der Waals surface area (Å²) in [5.74, 6) is -2.46. The standard InChI is InChI=1S/C19H18ClN5O6S/c1-19(2,3)13-7-12(15(32-13)16(21)27)22-14(26)8-24-18(28)31-17(23-24)10-5-4-9(25(29)30)6-11(10)20/h4-7H,8H2,1-3H3,(H2,21,27)(H,22,26). The number of nitrogens with two attached hydrogens (primary N) is 1. The van der Waals surface area contributed by atoms with Gasteiger partial charge in [-0.25, -0.2) is 4.79 Å². The number of nitrogens with one attached hydrogen (secondary N) is 1. The summed E-state index contributed by atoms with van der Waals surface area (Å²) in [6.45, 7) is 5.35. The average molecular weight is 480 g/mol. The maximum atomic E-state index is 12.5. The third kappa shape index (κ3) is 4.86. The van der Waals surface area contributed by atoms with E-state index in [9.17, 15) is 24.5 Å². The van der Waals surface area contributed by atoms with E-state index in [4.69, 9.17) is 21.8 Å². The number of benzene rings is 1. The first-order valence-corrected chi connectivity index (χ1v) is 10.3. The van der Waals surface area contributed by atoms with Gasteiger partial charge in [0.2, 0.25) is 5.91 Å². The molecule has 2 amide bonds. The highest BCUT2D eigenvalue weighted by Crippen LogP contribution is 2.35. The number of halogens is 1. The van der Waals surface area contributed by atoms with E-state index in [1.54, 1.807) is 6.07 Å². The number of carbonyl (C=O) groups is 2. The first-order valence-electron chi connectivity index (χ1n) is 9.13. The van der Waals surface area contributed by atoms with Crippen LogP contribution in [0.3, 0.4) is 0 Å². The number of aromatic nitrogens is 2. The lowest BCUT2D eigenvalue weighted by Gasteiger charge is -2.15. The van der Waals surface area contributed by atoms with Gasteiger partial charge in [-0.05, 0) is 17.5 Å². The molecule has 0 atom stereocenters. The van der Waals surface area contributed by atoms with E-state index in [2.05, 4.69) is 10.4 Å². The number of amides is 2. The van der Waals surface area contributed by atoms with Gasteiger partial charge < -0.3 is 15.5 Å². The van der Waals surface area contributed by atoms with Crippen molar-refractivity contribution in [3.63, 3.8) is 0 Å². The van der Waals surface area contributed by atoms with Crippen LogP contribution in [0.15, 0.2) is 33.5 Å². The molecule has 3 N–H and O–H groups in total. The van der Waals surface area contributed by atoms with Crippen molar-refractivity contribution >= 4 is 46.1 Å². The normalized spacial score (nSPS) is 11.4. The summed E-state index contributed by atoms with van der Waals surface area (Å²) in [5.41, 5.74) is 5.31. The molecule has 0 fully saturated rings. The molecule has 0 spiro atoms. The maximum Gasteiger partial charge on any atom is 0.437 e. The van der Waals surface area contributed by atoms with Gasteiger partial charge in [0.15, 0.2) is 0 Å². The van der Waals surface area contributed by atoms with Crippen molar-refractivity contribution in [2.45, 2.75) is 32.7 Å². The molecule has 168 valence electrons. The SMILES string of the molecule is CC(C)(C)c1cc(NC(=O)Cn2nc(-c3ccc([N+](=O)[O-])cc3Cl)oc2=O)c(C(N)=O)s1. The van der Waals surface area contributed by atoms with Crippen molar-refractivity contribution in [2.24, 2.45) is 5.73 Å². The Hall–Kier alpha value is -3.51. The van der Waals surface area contributed by atoms with Crippen molar-refractivity contribution in [3.05, 3.63) is 59.7 Å². The fourth-order valence-electron chi connectivity index (χ4n) is 2.67. The van der Waals surface area contributed by atoms with Crippen molar-refractivity contribution in [1.29, 1.82) is 0 Å². The van der Waals surface area contributed by atoms with Crippen molar-refractivity contribution in [3.8, 4) is 11.5 Å². The quantitative estimate of drug-likeness (QED) is 0.405. The smallest absolute Gasteiger partial charge is 0.388 e. The zero-order valence-electron chi connectivity index (χ0n) is 17.2. The Morgan fingerprint density at radius 1 is 1.34 bits per heavy atom. The molecule has 3 rings (SSSR count). The Kier molecular flexibility index (Phi) is 6.19. The minimum Gasteiger partial charge on any atom is -0.388 e. The van der Waals surface area contributed by atoms with E-state index in [0.717, 1.165) is 15.6 Å². The van der Waals surface area contributed by atoms with Crippen molar-refractivity contribution in [2.75, 3.05) is 5.32 Å². The first kappa shape index (κ1) is 23.2. The van der Waals surface area contributed by atoms with Crippen LogP contribution in [0.5, 0.6) is 0 Å². The van der Waals surface area contributed by atoms with Gasteiger partial charge in [-0.2, -0.15) is 4.68 Å². The maximum absolute atomic E-state index is 12.5. The Labute approximate surface area is 189 Å². The van der Waals surface area contributed by atoms with Gasteiger partial charge >= 0.3 is 5.76 Å². The van der Waals surface area contributed by atoms with E-state index in [0.29, 0.717) is 0 Å². The zero-order chi connectivity index (χ0) is 23.8. The monoisotopic (exact) mass is 479 g/mol. The van der Waals surface area contributed by atoms with Gasteiger partial charge in [-0.15, -0.1) is 16.4 Å². The summed E-state index contributed by atoms with van der Waals surface area (Å²) in [4.78, 5) is 47.6. The number of rotatable bonds is 6. The first-order chi connectivity index (χ1) is 14.9. The minimum absolute atomic E-state index is 0.0452. The molecule has 32 heavy (non-hydrogen) atoms. The Morgan fingerprint density at radius 3 is 2.59 bits per heavy atom. The lowest BCUT2D eigenvalue weighted by atomic mass is 9.94. The average Bonchev–Trinajstić information content (AvgIpc) is 3.25. The topological polar surface area (TPSA) is 163 Å². The van der Waals surface area contributed by atoms with Crippen molar-refractivity contribution in [1.82, 2.24) is 9.78 Å². The van der Waals surface area contributed by atoms with E-state index < -0.39 is 29.0 Å². The Bertz CT molecular complexity index is 1290. The molecule has 0 aliphatic heterocycles. The highest BCUT2D eigenvalue weighted by Gasteiger charge is 2.24. The summed E-state index contributed by atoms with van der Waals surface area (Å²) >= 11 is 7.21. The number of hydrogen-bond donors (Lipinski definition) is 2. The fraction of sp³-hybridized carbons (Fsp3) is 0.263. The fourth-order valence-corrected chi connectivity index (χ4v) is 3.95. The van der Waals surface area contributed by atoms with E-state index in [1.165, 1.54) is 23.5 Å². The molecular weight excluding hydrogens is 462 g/mol. The van der Waals surface area contributed by atoms with Crippen LogP contribution in [0.1, 0.15) is 35.3 Å². The van der Waals surface area contributed by atoms with Crippen LogP contribution in [-0.2, 0) is 16.8 Å². The molecule has 0 bridgehead atoms. The van der Waals surface area contributed by atoms with Gasteiger partial charge in [-0.1, -0.05) is 32.4 Å². The summed E-state index contributed by atoms with van der Waals surface area (Å²) in [6, 6.07) is 5.23. The second-order valence-electron chi connectivity index (χ2n) is 7.77. The Morgan fingerprint density at radius 2 is 2.03 bits per heavy atom. The summed E-state index contributed by atoms with van der Waals surface area (Å²) in [7, 11) is 0. The number of non-ortho nitro benzene ring substituents is 1. The molecule has 13 heteroatoms. The zero-order valence-corrected chi connectivity index (χ0v) is 18.7. The molecule has 3 aromatic rings. The number of primary amides is 1. The van der Waals surface area contributed by atoms with E-state index in [1.807, 2.05) is 20.8 Å². The van der Waals surface area contributed by atoms with E-state index >= 15 is 0 Å². The van der Waals surface area contributed by atoms with Crippen molar-refractivity contribution < 1.29 is 18.9 Å². The molecule has 1 aromatic carbocycles.